The molecule has 2 aromatic carbocycles. The maximum atomic E-state index is 12.4. The highest BCUT2D eigenvalue weighted by atomic mass is 32.2. The number of nitrogens with zero attached hydrogens (tertiary/aromatic N) is 2. The topological polar surface area (TPSA) is 76.7 Å². The van der Waals surface area contributed by atoms with Crippen LogP contribution in [0.5, 0.6) is 5.75 Å². The first-order valence-electron chi connectivity index (χ1n) is 10.5. The number of rotatable bonds is 6. The fraction of sp³-hybridized carbons (Fsp3) is 0.115. The van der Waals surface area contributed by atoms with Gasteiger partial charge < -0.3 is 14.5 Å². The third-order valence-corrected chi connectivity index (χ3v) is 6.21. The maximum absolute atomic E-state index is 12.4. The molecule has 7 heteroatoms. The van der Waals surface area contributed by atoms with Crippen molar-refractivity contribution in [3.63, 3.8) is 0 Å². The average molecular weight is 456 g/mol. The van der Waals surface area contributed by atoms with Crippen molar-refractivity contribution in [3.05, 3.63) is 89.3 Å². The molecule has 1 aliphatic rings. The summed E-state index contributed by atoms with van der Waals surface area (Å²) >= 11 is 1.32. The molecule has 1 N–H and O–H groups in total. The number of aliphatic imine (C=N–C) groups is 1. The lowest BCUT2D eigenvalue weighted by Gasteiger charge is -2.04. The van der Waals surface area contributed by atoms with Crippen LogP contribution in [0.25, 0.3) is 28.2 Å². The number of carbonyl (C=O) groups excluding carboxylic acids is 1. The van der Waals surface area contributed by atoms with E-state index < -0.39 is 0 Å². The van der Waals surface area contributed by atoms with E-state index in [1.54, 1.807) is 25.6 Å². The highest BCUT2D eigenvalue weighted by Crippen LogP contribution is 2.33. The summed E-state index contributed by atoms with van der Waals surface area (Å²) in [6, 6.07) is 19.8. The molecule has 33 heavy (non-hydrogen) atoms. The normalized spacial score (nSPS) is 16.0. The SMILES string of the molecule is COc1ccc(-c2cncc3cc(C=C4SC(=NCCc5ccccc5)NC4=O)oc23)cc1. The third-order valence-electron chi connectivity index (χ3n) is 5.27. The zero-order chi connectivity index (χ0) is 22.6. The fourth-order valence-corrected chi connectivity index (χ4v) is 4.42. The minimum atomic E-state index is -0.174. The van der Waals surface area contributed by atoms with Crippen LogP contribution in [-0.4, -0.2) is 29.7 Å². The number of carbonyl (C=O) groups is 1. The van der Waals surface area contributed by atoms with Crippen LogP contribution in [0.15, 0.2) is 87.4 Å². The second-order valence-corrected chi connectivity index (χ2v) is 8.50. The molecule has 1 amide bonds. The van der Waals surface area contributed by atoms with Crippen molar-refractivity contribution in [2.75, 3.05) is 13.7 Å². The van der Waals surface area contributed by atoms with Crippen LogP contribution in [0.4, 0.5) is 0 Å². The Morgan fingerprint density at radius 3 is 2.73 bits per heavy atom. The Morgan fingerprint density at radius 2 is 1.94 bits per heavy atom. The fourth-order valence-electron chi connectivity index (χ4n) is 3.59. The molecule has 3 heterocycles. The lowest BCUT2D eigenvalue weighted by atomic mass is 10.1. The van der Waals surface area contributed by atoms with Gasteiger partial charge in [0.25, 0.3) is 5.91 Å². The molecule has 0 unspecified atom stereocenters. The van der Waals surface area contributed by atoms with Crippen molar-refractivity contribution in [2.24, 2.45) is 4.99 Å². The summed E-state index contributed by atoms with van der Waals surface area (Å²) in [5.41, 5.74) is 3.80. The molecule has 0 spiro atoms. The van der Waals surface area contributed by atoms with Gasteiger partial charge in [0.2, 0.25) is 0 Å². The van der Waals surface area contributed by atoms with E-state index in [1.807, 2.05) is 48.5 Å². The minimum Gasteiger partial charge on any atom is -0.497 e. The molecule has 0 radical (unpaired) electrons. The molecule has 0 saturated carbocycles. The van der Waals surface area contributed by atoms with Gasteiger partial charge in [-0.2, -0.15) is 0 Å². The van der Waals surface area contributed by atoms with Crippen LogP contribution in [0.1, 0.15) is 11.3 Å². The van der Waals surface area contributed by atoms with Crippen LogP contribution in [0, 0.1) is 0 Å². The molecule has 1 aliphatic heterocycles. The lowest BCUT2D eigenvalue weighted by Crippen LogP contribution is -2.20. The zero-order valence-corrected chi connectivity index (χ0v) is 18.8. The summed E-state index contributed by atoms with van der Waals surface area (Å²) in [4.78, 5) is 21.9. The standard InChI is InChI=1S/C26H21N3O3S/c1-31-20-9-7-18(8-10-20)22-16-27-15-19-13-21(32-24(19)22)14-23-25(30)29-26(33-23)28-12-11-17-5-3-2-4-6-17/h2-10,13-16H,11-12H2,1H3,(H,28,29,30). The molecule has 4 aromatic rings. The van der Waals surface area contributed by atoms with Gasteiger partial charge in [-0.3, -0.25) is 14.8 Å². The number of hydrogen-bond donors (Lipinski definition) is 1. The van der Waals surface area contributed by atoms with E-state index in [-0.39, 0.29) is 5.91 Å². The molecular weight excluding hydrogens is 434 g/mol. The third kappa shape index (κ3) is 4.68. The number of furan rings is 1. The number of fused-ring (bicyclic) bond motifs is 1. The smallest absolute Gasteiger partial charge is 0.264 e. The van der Waals surface area contributed by atoms with Gasteiger partial charge in [-0.25, -0.2) is 0 Å². The predicted octanol–water partition coefficient (Wildman–Crippen LogP) is 5.31. The number of thioether (sulfide) groups is 1. The number of amides is 1. The molecule has 1 fully saturated rings. The van der Waals surface area contributed by atoms with Crippen molar-refractivity contribution in [3.8, 4) is 16.9 Å². The van der Waals surface area contributed by atoms with Crippen LogP contribution in [0.3, 0.4) is 0 Å². The quantitative estimate of drug-likeness (QED) is 0.399. The second kappa shape index (κ2) is 9.34. The number of amidine groups is 1. The summed E-state index contributed by atoms with van der Waals surface area (Å²) in [5, 5.41) is 4.31. The van der Waals surface area contributed by atoms with Gasteiger partial charge in [-0.15, -0.1) is 0 Å². The summed E-state index contributed by atoms with van der Waals surface area (Å²) in [7, 11) is 1.64. The molecule has 0 atom stereocenters. The number of hydrogen-bond acceptors (Lipinski definition) is 6. The van der Waals surface area contributed by atoms with Crippen molar-refractivity contribution in [1.29, 1.82) is 0 Å². The van der Waals surface area contributed by atoms with E-state index in [2.05, 4.69) is 27.4 Å². The largest absolute Gasteiger partial charge is 0.497 e. The number of aromatic nitrogens is 1. The highest BCUT2D eigenvalue weighted by Gasteiger charge is 2.24. The van der Waals surface area contributed by atoms with Gasteiger partial charge in [-0.1, -0.05) is 42.5 Å². The second-order valence-electron chi connectivity index (χ2n) is 7.47. The first-order chi connectivity index (χ1) is 16.2. The van der Waals surface area contributed by atoms with Crippen LogP contribution in [-0.2, 0) is 11.2 Å². The molecule has 5 rings (SSSR count). The Kier molecular flexibility index (Phi) is 5.95. The van der Waals surface area contributed by atoms with Gasteiger partial charge in [0.05, 0.1) is 12.0 Å². The van der Waals surface area contributed by atoms with E-state index in [1.165, 1.54) is 17.3 Å². The molecule has 1 saturated heterocycles. The first-order valence-corrected chi connectivity index (χ1v) is 11.3. The lowest BCUT2D eigenvalue weighted by molar-refractivity contribution is -0.115. The Morgan fingerprint density at radius 1 is 1.12 bits per heavy atom. The van der Waals surface area contributed by atoms with Gasteiger partial charge in [0.1, 0.15) is 17.1 Å². The number of ether oxygens (including phenoxy) is 1. The Bertz CT molecular complexity index is 1360. The number of pyridine rings is 1. The Hall–Kier alpha value is -3.84. The first kappa shape index (κ1) is 21.0. The number of benzene rings is 2. The van der Waals surface area contributed by atoms with Gasteiger partial charge >= 0.3 is 0 Å². The summed E-state index contributed by atoms with van der Waals surface area (Å²) in [6.45, 7) is 0.613. The monoisotopic (exact) mass is 455 g/mol. The number of nitrogens with one attached hydrogen (secondary N) is 1. The molecule has 164 valence electrons. The maximum Gasteiger partial charge on any atom is 0.264 e. The number of methoxy groups -OCH3 is 1. The molecule has 0 bridgehead atoms. The summed E-state index contributed by atoms with van der Waals surface area (Å²) < 4.78 is 11.4. The zero-order valence-electron chi connectivity index (χ0n) is 17.9. The van der Waals surface area contributed by atoms with Gasteiger partial charge in [0, 0.05) is 36.0 Å². The van der Waals surface area contributed by atoms with Gasteiger partial charge in [0.15, 0.2) is 5.17 Å². The summed E-state index contributed by atoms with van der Waals surface area (Å²) in [6.07, 6.45) is 6.10. The van der Waals surface area contributed by atoms with E-state index in [0.717, 1.165) is 34.3 Å². The molecule has 6 nitrogen and oxygen atoms in total. The van der Waals surface area contributed by atoms with Gasteiger partial charge in [-0.05, 0) is 47.5 Å². The Labute approximate surface area is 195 Å². The van der Waals surface area contributed by atoms with Crippen LogP contribution in [0.2, 0.25) is 0 Å². The van der Waals surface area contributed by atoms with E-state index in [4.69, 9.17) is 9.15 Å². The Balaban J connectivity index is 1.35. The van der Waals surface area contributed by atoms with Crippen molar-refractivity contribution >= 4 is 39.9 Å². The van der Waals surface area contributed by atoms with Crippen molar-refractivity contribution in [1.82, 2.24) is 10.3 Å². The van der Waals surface area contributed by atoms with E-state index in [0.29, 0.717) is 22.4 Å². The minimum absolute atomic E-state index is 0.174. The van der Waals surface area contributed by atoms with E-state index >= 15 is 0 Å². The highest BCUT2D eigenvalue weighted by molar-refractivity contribution is 8.18. The molecule has 2 aromatic heterocycles. The van der Waals surface area contributed by atoms with Crippen molar-refractivity contribution in [2.45, 2.75) is 6.42 Å². The summed E-state index contributed by atoms with van der Waals surface area (Å²) in [5.74, 6) is 1.21. The average Bonchev–Trinajstić information content (AvgIpc) is 3.42. The molecular formula is C26H21N3O3S. The van der Waals surface area contributed by atoms with E-state index in [9.17, 15) is 4.79 Å². The molecule has 0 aliphatic carbocycles. The predicted molar refractivity (Wildman–Crippen MR) is 132 cm³/mol. The van der Waals surface area contributed by atoms with Crippen molar-refractivity contribution < 1.29 is 13.9 Å². The van der Waals surface area contributed by atoms with Crippen LogP contribution < -0.4 is 10.1 Å². The van der Waals surface area contributed by atoms with Crippen LogP contribution >= 0.6 is 11.8 Å².